The molecule has 1 heterocycles. The summed E-state index contributed by atoms with van der Waals surface area (Å²) < 4.78 is 7.05. The molecule has 0 radical (unpaired) electrons. The average molecular weight is 380 g/mol. The number of esters is 1. The molecule has 0 saturated carbocycles. The Morgan fingerprint density at radius 2 is 1.96 bits per heavy atom. The Morgan fingerprint density at radius 1 is 1.18 bits per heavy atom. The van der Waals surface area contributed by atoms with Crippen LogP contribution in [0.2, 0.25) is 0 Å². The number of rotatable bonds is 7. The number of ether oxygens (including phenoxy) is 1. The average Bonchev–Trinajstić information content (AvgIpc) is 3.05. The first-order valence-corrected chi connectivity index (χ1v) is 10.00. The largest absolute Gasteiger partial charge is 0.466 e. The lowest BCUT2D eigenvalue weighted by Gasteiger charge is -2.21. The molecule has 3 aromatic rings. The van der Waals surface area contributed by atoms with E-state index in [-0.39, 0.29) is 11.9 Å². The summed E-state index contributed by atoms with van der Waals surface area (Å²) in [6.07, 6.45) is 2.44. The normalized spacial score (nSPS) is 12.3. The fourth-order valence-corrected chi connectivity index (χ4v) is 3.87. The Labute approximate surface area is 166 Å². The van der Waals surface area contributed by atoms with E-state index >= 15 is 0 Å². The lowest BCUT2D eigenvalue weighted by molar-refractivity contribution is -0.143. The van der Waals surface area contributed by atoms with Gasteiger partial charge in [0.1, 0.15) is 5.52 Å². The molecule has 0 fully saturated rings. The fourth-order valence-electron chi connectivity index (χ4n) is 3.87. The number of hydrogen-bond donors (Lipinski definition) is 0. The Morgan fingerprint density at radius 3 is 2.68 bits per heavy atom. The Kier molecular flexibility index (Phi) is 6.12. The summed E-state index contributed by atoms with van der Waals surface area (Å²) in [6.45, 7) is 8.63. The number of aromatic nitrogens is 3. The molecule has 0 saturated heterocycles. The number of fused-ring (bicyclic) bond motifs is 1. The van der Waals surface area contributed by atoms with E-state index in [1.807, 2.05) is 20.0 Å². The van der Waals surface area contributed by atoms with E-state index in [1.54, 1.807) is 4.68 Å². The van der Waals surface area contributed by atoms with Gasteiger partial charge in [0.25, 0.3) is 0 Å². The van der Waals surface area contributed by atoms with Gasteiger partial charge in [-0.1, -0.05) is 42.8 Å². The molecule has 1 unspecified atom stereocenters. The molecule has 2 aromatic carbocycles. The molecule has 0 bridgehead atoms. The van der Waals surface area contributed by atoms with E-state index in [2.05, 4.69) is 55.3 Å². The second kappa shape index (κ2) is 8.55. The number of aryl methyl sites for hydroxylation is 4. The van der Waals surface area contributed by atoms with Crippen LogP contribution in [0, 0.1) is 13.8 Å². The van der Waals surface area contributed by atoms with Crippen molar-refractivity contribution >= 4 is 17.0 Å². The molecule has 28 heavy (non-hydrogen) atoms. The minimum atomic E-state index is -0.177. The summed E-state index contributed by atoms with van der Waals surface area (Å²) in [7, 11) is 1.89. The van der Waals surface area contributed by atoms with Crippen molar-refractivity contribution in [2.24, 2.45) is 7.05 Å². The molecule has 0 spiro atoms. The van der Waals surface area contributed by atoms with Crippen LogP contribution in [0.15, 0.2) is 30.3 Å². The molecule has 0 aliphatic carbocycles. The highest BCUT2D eigenvalue weighted by Gasteiger charge is 2.23. The lowest BCUT2D eigenvalue weighted by Crippen LogP contribution is -2.13. The second-order valence-corrected chi connectivity index (χ2v) is 7.36. The summed E-state index contributed by atoms with van der Waals surface area (Å²) in [5, 5.41) is 8.47. The Bertz CT molecular complexity index is 991. The first-order chi connectivity index (χ1) is 13.5. The molecule has 0 N–H and O–H groups in total. The topological polar surface area (TPSA) is 57.0 Å². The van der Waals surface area contributed by atoms with Crippen LogP contribution < -0.4 is 0 Å². The Balaban J connectivity index is 2.11. The molecule has 3 rings (SSSR count). The van der Waals surface area contributed by atoms with Gasteiger partial charge in [-0.2, -0.15) is 0 Å². The maximum absolute atomic E-state index is 12.4. The van der Waals surface area contributed by atoms with E-state index in [9.17, 15) is 4.79 Å². The minimum absolute atomic E-state index is 0.0679. The van der Waals surface area contributed by atoms with Gasteiger partial charge in [-0.3, -0.25) is 4.79 Å². The van der Waals surface area contributed by atoms with Crippen molar-refractivity contribution in [3.8, 4) is 0 Å². The van der Waals surface area contributed by atoms with Gasteiger partial charge in [-0.05, 0) is 61.1 Å². The Hall–Kier alpha value is -2.69. The molecule has 0 amide bonds. The van der Waals surface area contributed by atoms with Crippen molar-refractivity contribution in [2.75, 3.05) is 6.61 Å². The summed E-state index contributed by atoms with van der Waals surface area (Å²) in [5.41, 5.74) is 7.83. The fraction of sp³-hybridized carbons (Fsp3) is 0.435. The van der Waals surface area contributed by atoms with E-state index < -0.39 is 0 Å². The minimum Gasteiger partial charge on any atom is -0.466 e. The third-order valence-corrected chi connectivity index (χ3v) is 5.43. The van der Waals surface area contributed by atoms with Crippen LogP contribution in [-0.4, -0.2) is 27.6 Å². The predicted molar refractivity (Wildman–Crippen MR) is 112 cm³/mol. The van der Waals surface area contributed by atoms with Gasteiger partial charge in [-0.25, -0.2) is 4.68 Å². The van der Waals surface area contributed by atoms with Gasteiger partial charge in [0, 0.05) is 13.0 Å². The van der Waals surface area contributed by atoms with Crippen LogP contribution >= 0.6 is 0 Å². The highest BCUT2D eigenvalue weighted by Crippen LogP contribution is 2.34. The SMILES string of the molecule is CCCc1cc(C(CC(=O)OCC)c2ccc3c(nnn3C)c2C)ccc1C. The van der Waals surface area contributed by atoms with Gasteiger partial charge in [0.15, 0.2) is 0 Å². The molecule has 1 aromatic heterocycles. The van der Waals surface area contributed by atoms with Crippen LogP contribution in [0.3, 0.4) is 0 Å². The standard InChI is InChI=1S/C23H29N3O2/c1-6-8-17-13-18(10-9-15(17)3)20(14-22(27)28-7-2)19-11-12-21-23(16(19)4)24-25-26(21)5/h9-13,20H,6-8,14H2,1-5H3. The van der Waals surface area contributed by atoms with Crippen molar-refractivity contribution in [1.29, 1.82) is 0 Å². The quantitative estimate of drug-likeness (QED) is 0.562. The molecular formula is C23H29N3O2. The van der Waals surface area contributed by atoms with Crippen molar-refractivity contribution in [3.63, 3.8) is 0 Å². The van der Waals surface area contributed by atoms with Gasteiger partial charge >= 0.3 is 5.97 Å². The van der Waals surface area contributed by atoms with Crippen molar-refractivity contribution in [3.05, 3.63) is 58.1 Å². The monoisotopic (exact) mass is 379 g/mol. The van der Waals surface area contributed by atoms with Gasteiger partial charge in [0.05, 0.1) is 18.5 Å². The van der Waals surface area contributed by atoms with E-state index in [1.165, 1.54) is 11.1 Å². The van der Waals surface area contributed by atoms with Crippen molar-refractivity contribution in [2.45, 2.75) is 52.9 Å². The maximum atomic E-state index is 12.4. The summed E-state index contributed by atoms with van der Waals surface area (Å²) in [6, 6.07) is 10.7. The molecule has 0 aliphatic heterocycles. The smallest absolute Gasteiger partial charge is 0.306 e. The number of hydrogen-bond acceptors (Lipinski definition) is 4. The molecule has 5 heteroatoms. The number of benzene rings is 2. The lowest BCUT2D eigenvalue weighted by atomic mass is 9.84. The van der Waals surface area contributed by atoms with E-state index in [4.69, 9.17) is 4.74 Å². The van der Waals surface area contributed by atoms with Crippen LogP contribution in [0.4, 0.5) is 0 Å². The third-order valence-electron chi connectivity index (χ3n) is 5.43. The second-order valence-electron chi connectivity index (χ2n) is 7.36. The first-order valence-electron chi connectivity index (χ1n) is 10.00. The highest BCUT2D eigenvalue weighted by atomic mass is 16.5. The van der Waals surface area contributed by atoms with Crippen LogP contribution in [0.5, 0.6) is 0 Å². The predicted octanol–water partition coefficient (Wildman–Crippen LogP) is 4.62. The third kappa shape index (κ3) is 3.93. The van der Waals surface area contributed by atoms with Crippen LogP contribution in [0.25, 0.3) is 11.0 Å². The van der Waals surface area contributed by atoms with Crippen LogP contribution in [-0.2, 0) is 23.0 Å². The maximum Gasteiger partial charge on any atom is 0.306 e. The number of nitrogens with zero attached hydrogens (tertiary/aromatic N) is 3. The molecule has 148 valence electrons. The summed E-state index contributed by atoms with van der Waals surface area (Å²) >= 11 is 0. The zero-order valence-corrected chi connectivity index (χ0v) is 17.5. The van der Waals surface area contributed by atoms with Crippen molar-refractivity contribution in [1.82, 2.24) is 15.0 Å². The van der Waals surface area contributed by atoms with Gasteiger partial charge < -0.3 is 4.74 Å². The molecule has 5 nitrogen and oxygen atoms in total. The summed E-state index contributed by atoms with van der Waals surface area (Å²) in [4.78, 5) is 12.4. The van der Waals surface area contributed by atoms with Crippen LogP contribution in [0.1, 0.15) is 60.4 Å². The molecule has 0 aliphatic rings. The summed E-state index contributed by atoms with van der Waals surface area (Å²) in [5.74, 6) is -0.245. The van der Waals surface area contributed by atoms with Gasteiger partial charge in [0.2, 0.25) is 0 Å². The van der Waals surface area contributed by atoms with E-state index in [0.29, 0.717) is 13.0 Å². The number of carbonyl (C=O) groups is 1. The zero-order chi connectivity index (χ0) is 20.3. The number of carbonyl (C=O) groups excluding carboxylic acids is 1. The molecule has 1 atom stereocenters. The van der Waals surface area contributed by atoms with Gasteiger partial charge in [-0.15, -0.1) is 5.10 Å². The van der Waals surface area contributed by atoms with E-state index in [0.717, 1.165) is 40.6 Å². The first kappa shape index (κ1) is 20.1. The molecular weight excluding hydrogens is 350 g/mol. The van der Waals surface area contributed by atoms with Crippen molar-refractivity contribution < 1.29 is 9.53 Å². The highest BCUT2D eigenvalue weighted by molar-refractivity contribution is 5.80. The zero-order valence-electron chi connectivity index (χ0n) is 17.5.